The van der Waals surface area contributed by atoms with Crippen molar-refractivity contribution in [1.82, 2.24) is 0 Å². The van der Waals surface area contributed by atoms with Gasteiger partial charge in [-0.25, -0.2) is 0 Å². The maximum absolute atomic E-state index is 12.9. The van der Waals surface area contributed by atoms with Crippen molar-refractivity contribution < 1.29 is 53.7 Å². The fourth-order valence-electron chi connectivity index (χ4n) is 5.26. The molecule has 3 unspecified atom stereocenters. The first-order chi connectivity index (χ1) is 17.8. The molecule has 0 spiro atoms. The van der Waals surface area contributed by atoms with E-state index in [1.807, 2.05) is 18.2 Å². The maximum Gasteiger partial charge on any atom is 1.00 e. The maximum atomic E-state index is 12.9. The van der Waals surface area contributed by atoms with E-state index < -0.39 is 11.9 Å². The molecule has 1 saturated carbocycles. The summed E-state index contributed by atoms with van der Waals surface area (Å²) in [4.78, 5) is 24.4. The molecule has 1 fully saturated rings. The van der Waals surface area contributed by atoms with Crippen LogP contribution >= 0.6 is 34.8 Å². The van der Waals surface area contributed by atoms with E-state index in [-0.39, 0.29) is 47.0 Å². The summed E-state index contributed by atoms with van der Waals surface area (Å²) in [5.74, 6) is 0.153. The summed E-state index contributed by atoms with van der Waals surface area (Å²) >= 11 is 18.6. The van der Waals surface area contributed by atoms with Gasteiger partial charge in [-0.1, -0.05) is 40.9 Å². The fourth-order valence-corrected chi connectivity index (χ4v) is 5.78. The van der Waals surface area contributed by atoms with Gasteiger partial charge in [0.05, 0.1) is 21.7 Å². The topological polar surface area (TPSA) is 75.7 Å². The van der Waals surface area contributed by atoms with Crippen LogP contribution in [0.5, 0.6) is 17.2 Å². The second-order valence-corrected chi connectivity index (χ2v) is 10.9. The molecule has 38 heavy (non-hydrogen) atoms. The zero-order valence-corrected chi connectivity index (χ0v) is 25.1. The number of aliphatic carboxylic acids is 1. The van der Waals surface area contributed by atoms with Crippen molar-refractivity contribution in [2.24, 2.45) is 5.92 Å². The van der Waals surface area contributed by atoms with Crippen molar-refractivity contribution in [3.63, 3.8) is 0 Å². The summed E-state index contributed by atoms with van der Waals surface area (Å²) in [6, 6.07) is 15.9. The Morgan fingerprint density at radius 3 is 2.39 bits per heavy atom. The number of benzene rings is 3. The van der Waals surface area contributed by atoms with Gasteiger partial charge in [0.15, 0.2) is 5.78 Å². The van der Waals surface area contributed by atoms with Crippen LogP contribution in [0.1, 0.15) is 65.4 Å². The molecule has 0 amide bonds. The number of hydrogen-bond donors (Lipinski definition) is 0. The van der Waals surface area contributed by atoms with Crippen LogP contribution in [0.2, 0.25) is 15.1 Å². The van der Waals surface area contributed by atoms with Gasteiger partial charge in [-0.05, 0) is 85.5 Å². The molecule has 1 aliphatic carbocycles. The number of ketones is 1. The molecule has 2 aliphatic rings. The molecule has 0 saturated heterocycles. The molecule has 192 valence electrons. The number of fused-ring (bicyclic) bond motifs is 1. The van der Waals surface area contributed by atoms with Crippen molar-refractivity contribution in [1.29, 1.82) is 0 Å². The van der Waals surface area contributed by atoms with Crippen LogP contribution < -0.4 is 44.1 Å². The van der Waals surface area contributed by atoms with Gasteiger partial charge in [-0.3, -0.25) is 4.79 Å². The van der Waals surface area contributed by atoms with E-state index in [1.165, 1.54) is 5.56 Å². The van der Waals surface area contributed by atoms with Crippen LogP contribution in [-0.2, 0) is 4.79 Å². The number of carboxylic acid groups (broad SMARTS) is 1. The molecule has 5 nitrogen and oxygen atoms in total. The van der Waals surface area contributed by atoms with Crippen LogP contribution in [-0.4, -0.2) is 18.4 Å². The number of carbonyl (C=O) groups excluding carboxylic acids is 2. The van der Waals surface area contributed by atoms with Crippen molar-refractivity contribution in [2.45, 2.75) is 43.9 Å². The molecule has 0 radical (unpaired) electrons. The molecular weight excluding hydrogens is 558 g/mol. The van der Waals surface area contributed by atoms with Gasteiger partial charge in [0, 0.05) is 35.5 Å². The van der Waals surface area contributed by atoms with Crippen LogP contribution in [0.15, 0.2) is 54.6 Å². The van der Waals surface area contributed by atoms with Crippen molar-refractivity contribution >= 4 is 46.6 Å². The second-order valence-electron chi connectivity index (χ2n) is 9.63. The van der Waals surface area contributed by atoms with E-state index in [0.29, 0.717) is 63.1 Å². The van der Waals surface area contributed by atoms with Crippen molar-refractivity contribution in [3.05, 3.63) is 86.4 Å². The van der Waals surface area contributed by atoms with Gasteiger partial charge in [-0.15, -0.1) is 0 Å². The normalized spacial score (nSPS) is 20.1. The number of carbonyl (C=O) groups is 2. The molecule has 0 N–H and O–H groups in total. The zero-order valence-electron chi connectivity index (χ0n) is 20.8. The quantitative estimate of drug-likeness (QED) is 0.309. The Morgan fingerprint density at radius 2 is 1.68 bits per heavy atom. The van der Waals surface area contributed by atoms with Gasteiger partial charge in [0.2, 0.25) is 0 Å². The van der Waals surface area contributed by atoms with E-state index in [4.69, 9.17) is 44.3 Å². The van der Waals surface area contributed by atoms with Crippen molar-refractivity contribution in [2.75, 3.05) is 6.61 Å². The summed E-state index contributed by atoms with van der Waals surface area (Å²) in [6.45, 7) is 0.277. The monoisotopic (exact) mass is 580 g/mol. The molecule has 5 rings (SSSR count). The minimum Gasteiger partial charge on any atom is -0.549 e. The predicted molar refractivity (Wildman–Crippen MR) is 141 cm³/mol. The first kappa shape index (κ1) is 29.3. The van der Waals surface area contributed by atoms with E-state index >= 15 is 0 Å². The Balaban J connectivity index is 0.00000336. The van der Waals surface area contributed by atoms with E-state index in [2.05, 4.69) is 0 Å². The van der Waals surface area contributed by atoms with Crippen LogP contribution in [0.25, 0.3) is 0 Å². The third-order valence-corrected chi connectivity index (χ3v) is 8.26. The fraction of sp³-hybridized carbons (Fsp3) is 0.310. The van der Waals surface area contributed by atoms with Gasteiger partial charge in [0.25, 0.3) is 0 Å². The molecule has 9 heteroatoms. The zero-order chi connectivity index (χ0) is 26.1. The Bertz CT molecular complexity index is 1340. The van der Waals surface area contributed by atoms with Crippen LogP contribution in [0, 0.1) is 5.92 Å². The average Bonchev–Trinajstić information content (AvgIpc) is 3.34. The largest absolute Gasteiger partial charge is 1.00 e. The van der Waals surface area contributed by atoms with Crippen LogP contribution in [0.4, 0.5) is 0 Å². The molecule has 3 aromatic carbocycles. The number of carboxylic acids is 1. The predicted octanol–water partition coefficient (Wildman–Crippen LogP) is 4.22. The molecule has 0 aromatic heterocycles. The van der Waals surface area contributed by atoms with Gasteiger partial charge in [0.1, 0.15) is 17.2 Å². The summed E-state index contributed by atoms with van der Waals surface area (Å²) in [7, 11) is 0. The Morgan fingerprint density at radius 1 is 0.921 bits per heavy atom. The summed E-state index contributed by atoms with van der Waals surface area (Å²) in [5.41, 5.74) is 2.28. The molecule has 1 aliphatic heterocycles. The van der Waals surface area contributed by atoms with Gasteiger partial charge < -0.3 is 19.4 Å². The standard InChI is InChI=1S/C29H25Cl3O5.Na/c30-23-8-5-19(13-24(23)31)18-2-1-16(11-18)12-26(33)17-3-6-20(7-4-17)37-28-15-27-22(14-25(28)32)21(29(34)35)9-10-36-27;/h3-8,13-16,18,21H,1-2,9-12H2,(H,34,35);/q;+1/p-1. The number of rotatable bonds is 7. The minimum atomic E-state index is -1.16. The van der Waals surface area contributed by atoms with Crippen molar-refractivity contribution in [3.8, 4) is 17.2 Å². The van der Waals surface area contributed by atoms with Gasteiger partial charge >= 0.3 is 29.6 Å². The van der Waals surface area contributed by atoms with E-state index in [1.54, 1.807) is 36.4 Å². The Kier molecular flexibility index (Phi) is 9.72. The molecule has 3 aromatic rings. The third-order valence-electron chi connectivity index (χ3n) is 7.22. The first-order valence-electron chi connectivity index (χ1n) is 12.2. The number of Topliss-reactive ketones (excluding diaryl/α,β-unsaturated/α-hetero) is 1. The summed E-state index contributed by atoms with van der Waals surface area (Å²) in [6.07, 6.45) is 3.79. The number of halogens is 3. The van der Waals surface area contributed by atoms with E-state index in [9.17, 15) is 14.7 Å². The van der Waals surface area contributed by atoms with Gasteiger partial charge in [-0.2, -0.15) is 0 Å². The number of ether oxygens (including phenoxy) is 2. The Labute approximate surface area is 258 Å². The molecule has 1 heterocycles. The molecule has 3 atom stereocenters. The summed E-state index contributed by atoms with van der Waals surface area (Å²) < 4.78 is 11.5. The van der Waals surface area contributed by atoms with E-state index in [0.717, 1.165) is 19.3 Å². The Hall–Kier alpha value is -1.73. The first-order valence-corrected chi connectivity index (χ1v) is 13.3. The molecule has 0 bridgehead atoms. The number of hydrogen-bond acceptors (Lipinski definition) is 5. The van der Waals surface area contributed by atoms with Crippen LogP contribution in [0.3, 0.4) is 0 Å². The second kappa shape index (κ2) is 12.6. The molecular formula is C29H24Cl3NaO5. The minimum absolute atomic E-state index is 0. The SMILES string of the molecule is O=C(CC1CCC(c2ccc(Cl)c(Cl)c2)C1)c1ccc(Oc2cc3c(cc2Cl)C(C(=O)[O-])CCO3)cc1.[Na+]. The smallest absolute Gasteiger partial charge is 0.549 e. The summed E-state index contributed by atoms with van der Waals surface area (Å²) in [5, 5.41) is 12.8. The average molecular weight is 582 g/mol. The third kappa shape index (κ3) is 6.52.